The van der Waals surface area contributed by atoms with Crippen molar-refractivity contribution in [3.63, 3.8) is 0 Å². The van der Waals surface area contributed by atoms with Crippen molar-refractivity contribution in [1.29, 1.82) is 0 Å². The number of anilines is 1. The normalized spacial score (nSPS) is 15.6. The number of hydrogen-bond acceptors (Lipinski definition) is 7. The number of ether oxygens (including phenoxy) is 2. The summed E-state index contributed by atoms with van der Waals surface area (Å²) in [6.45, 7) is 3.00. The molecule has 7 heteroatoms. The lowest BCUT2D eigenvalue weighted by atomic mass is 10.1. The fourth-order valence-corrected chi connectivity index (χ4v) is 3.40. The first-order chi connectivity index (χ1) is 14.9. The number of fused-ring (bicyclic) bond motifs is 2. The second-order valence-corrected chi connectivity index (χ2v) is 7.64. The van der Waals surface area contributed by atoms with Crippen molar-refractivity contribution in [1.82, 2.24) is 4.98 Å². The van der Waals surface area contributed by atoms with Crippen LogP contribution in [0.2, 0.25) is 0 Å². The van der Waals surface area contributed by atoms with Crippen LogP contribution in [0.1, 0.15) is 13.8 Å². The summed E-state index contributed by atoms with van der Waals surface area (Å²) >= 11 is 0. The first kappa shape index (κ1) is 18.9. The SMILES string of the molecule is CC1(C)OC(=O)C(=CNc2ccc3oc(-c4ccc5ccccc5c4)nc3c2)C(=O)O1. The lowest BCUT2D eigenvalue weighted by molar-refractivity contribution is -0.222. The van der Waals surface area contributed by atoms with Gasteiger partial charge in [-0.25, -0.2) is 14.6 Å². The Labute approximate surface area is 177 Å². The number of rotatable bonds is 3. The highest BCUT2D eigenvalue weighted by Crippen LogP contribution is 2.29. The summed E-state index contributed by atoms with van der Waals surface area (Å²) in [5.74, 6) is -2.24. The zero-order valence-electron chi connectivity index (χ0n) is 16.8. The van der Waals surface area contributed by atoms with E-state index >= 15 is 0 Å². The Hall–Kier alpha value is -4.13. The molecular formula is C24H18N2O5. The van der Waals surface area contributed by atoms with E-state index in [1.54, 1.807) is 18.2 Å². The fraction of sp³-hybridized carbons (Fsp3) is 0.125. The van der Waals surface area contributed by atoms with Gasteiger partial charge in [0, 0.05) is 31.3 Å². The first-order valence-electron chi connectivity index (χ1n) is 9.71. The predicted octanol–water partition coefficient (Wildman–Crippen LogP) is 4.78. The van der Waals surface area contributed by atoms with E-state index in [-0.39, 0.29) is 5.57 Å². The number of nitrogens with zero attached hydrogens (tertiary/aromatic N) is 1. The van der Waals surface area contributed by atoms with Gasteiger partial charge in [0.1, 0.15) is 5.52 Å². The van der Waals surface area contributed by atoms with Gasteiger partial charge in [0.15, 0.2) is 11.2 Å². The summed E-state index contributed by atoms with van der Waals surface area (Å²) in [5.41, 5.74) is 2.56. The van der Waals surface area contributed by atoms with Gasteiger partial charge in [-0.1, -0.05) is 30.3 Å². The van der Waals surface area contributed by atoms with Gasteiger partial charge >= 0.3 is 11.9 Å². The number of cyclic esters (lactones) is 2. The molecule has 1 aromatic heterocycles. The minimum atomic E-state index is -1.27. The Balaban J connectivity index is 1.42. The maximum Gasteiger partial charge on any atom is 0.350 e. The number of nitrogens with one attached hydrogen (secondary N) is 1. The molecule has 0 atom stereocenters. The van der Waals surface area contributed by atoms with Crippen molar-refractivity contribution < 1.29 is 23.5 Å². The molecule has 7 nitrogen and oxygen atoms in total. The number of oxazole rings is 1. The Kier molecular flexibility index (Phi) is 4.25. The van der Waals surface area contributed by atoms with E-state index < -0.39 is 17.7 Å². The maximum absolute atomic E-state index is 12.0. The van der Waals surface area contributed by atoms with Crippen LogP contribution >= 0.6 is 0 Å². The topological polar surface area (TPSA) is 90.7 Å². The van der Waals surface area contributed by atoms with Gasteiger partial charge < -0.3 is 19.2 Å². The van der Waals surface area contributed by atoms with Crippen molar-refractivity contribution >= 4 is 39.5 Å². The Morgan fingerprint density at radius 3 is 2.42 bits per heavy atom. The second kappa shape index (κ2) is 6.98. The third-order valence-electron chi connectivity index (χ3n) is 4.88. The molecule has 5 rings (SSSR count). The summed E-state index contributed by atoms with van der Waals surface area (Å²) in [6.07, 6.45) is 1.27. The molecule has 0 bridgehead atoms. The number of esters is 2. The predicted molar refractivity (Wildman–Crippen MR) is 115 cm³/mol. The highest BCUT2D eigenvalue weighted by molar-refractivity contribution is 6.15. The molecule has 0 spiro atoms. The zero-order chi connectivity index (χ0) is 21.6. The van der Waals surface area contributed by atoms with Crippen LogP contribution in [0.25, 0.3) is 33.3 Å². The van der Waals surface area contributed by atoms with Crippen molar-refractivity contribution in [2.45, 2.75) is 19.6 Å². The van der Waals surface area contributed by atoms with Crippen LogP contribution in [0.3, 0.4) is 0 Å². The third kappa shape index (κ3) is 3.61. The van der Waals surface area contributed by atoms with E-state index in [1.165, 1.54) is 20.0 Å². The summed E-state index contributed by atoms with van der Waals surface area (Å²) in [6, 6.07) is 19.4. The molecule has 0 unspecified atom stereocenters. The van der Waals surface area contributed by atoms with E-state index in [0.717, 1.165) is 16.3 Å². The molecule has 1 N–H and O–H groups in total. The van der Waals surface area contributed by atoms with Crippen molar-refractivity contribution in [2.24, 2.45) is 0 Å². The maximum atomic E-state index is 12.0. The van der Waals surface area contributed by atoms with Crippen molar-refractivity contribution in [3.05, 3.63) is 72.4 Å². The van der Waals surface area contributed by atoms with E-state index in [1.807, 2.05) is 36.4 Å². The molecular weight excluding hydrogens is 396 g/mol. The highest BCUT2D eigenvalue weighted by atomic mass is 16.7. The molecule has 154 valence electrons. The lowest BCUT2D eigenvalue weighted by Crippen LogP contribution is -2.42. The number of benzene rings is 3. The van der Waals surface area contributed by atoms with Crippen LogP contribution in [0, 0.1) is 0 Å². The Bertz CT molecular complexity index is 1360. The summed E-state index contributed by atoms with van der Waals surface area (Å²) in [5, 5.41) is 5.17. The van der Waals surface area contributed by atoms with Gasteiger partial charge in [-0.3, -0.25) is 0 Å². The fourth-order valence-electron chi connectivity index (χ4n) is 3.40. The molecule has 0 saturated carbocycles. The van der Waals surface area contributed by atoms with Crippen LogP contribution in [0.15, 0.2) is 76.9 Å². The van der Waals surface area contributed by atoms with Gasteiger partial charge in [-0.05, 0) is 41.1 Å². The minimum Gasteiger partial charge on any atom is -0.436 e. The first-order valence-corrected chi connectivity index (χ1v) is 9.71. The number of carbonyl (C=O) groups is 2. The molecule has 2 heterocycles. The number of aromatic nitrogens is 1. The second-order valence-electron chi connectivity index (χ2n) is 7.64. The van der Waals surface area contributed by atoms with Crippen LogP contribution < -0.4 is 5.32 Å². The van der Waals surface area contributed by atoms with Crippen LogP contribution in [-0.2, 0) is 19.1 Å². The van der Waals surface area contributed by atoms with E-state index in [0.29, 0.717) is 22.7 Å². The highest BCUT2D eigenvalue weighted by Gasteiger charge is 2.38. The molecule has 1 aliphatic rings. The van der Waals surface area contributed by atoms with Gasteiger partial charge in [-0.2, -0.15) is 0 Å². The molecule has 1 fully saturated rings. The van der Waals surface area contributed by atoms with Gasteiger partial charge in [-0.15, -0.1) is 0 Å². The largest absolute Gasteiger partial charge is 0.436 e. The van der Waals surface area contributed by atoms with Gasteiger partial charge in [0.2, 0.25) is 5.89 Å². The molecule has 1 aliphatic heterocycles. The van der Waals surface area contributed by atoms with E-state index in [2.05, 4.69) is 16.4 Å². The molecule has 3 aromatic carbocycles. The standard InChI is InChI=1S/C24H18N2O5/c1-24(2)30-22(27)18(23(28)31-24)13-25-17-9-10-20-19(12-17)26-21(29-20)16-8-7-14-5-3-4-6-15(14)11-16/h3-13,25H,1-2H3. The monoisotopic (exact) mass is 414 g/mol. The zero-order valence-corrected chi connectivity index (χ0v) is 16.8. The third-order valence-corrected chi connectivity index (χ3v) is 4.88. The number of hydrogen-bond donors (Lipinski definition) is 1. The molecule has 31 heavy (non-hydrogen) atoms. The van der Waals surface area contributed by atoms with E-state index in [4.69, 9.17) is 13.9 Å². The number of carbonyl (C=O) groups excluding carboxylic acids is 2. The Morgan fingerprint density at radius 1 is 0.903 bits per heavy atom. The van der Waals surface area contributed by atoms with E-state index in [9.17, 15) is 9.59 Å². The van der Waals surface area contributed by atoms with Crippen molar-refractivity contribution in [2.75, 3.05) is 5.32 Å². The van der Waals surface area contributed by atoms with Gasteiger partial charge in [0.05, 0.1) is 0 Å². The Morgan fingerprint density at radius 2 is 1.65 bits per heavy atom. The molecule has 0 aliphatic carbocycles. The molecule has 4 aromatic rings. The minimum absolute atomic E-state index is 0.212. The molecule has 1 saturated heterocycles. The van der Waals surface area contributed by atoms with Crippen LogP contribution in [0.5, 0.6) is 0 Å². The average Bonchev–Trinajstić information content (AvgIpc) is 3.15. The summed E-state index contributed by atoms with van der Waals surface area (Å²) in [7, 11) is 0. The smallest absolute Gasteiger partial charge is 0.350 e. The molecule has 0 amide bonds. The van der Waals surface area contributed by atoms with Crippen LogP contribution in [-0.4, -0.2) is 22.7 Å². The van der Waals surface area contributed by atoms with Crippen LogP contribution in [0.4, 0.5) is 5.69 Å². The quantitative estimate of drug-likeness (QED) is 0.293. The van der Waals surface area contributed by atoms with Crippen molar-refractivity contribution in [3.8, 4) is 11.5 Å². The lowest BCUT2D eigenvalue weighted by Gasteiger charge is -2.29. The summed E-state index contributed by atoms with van der Waals surface area (Å²) < 4.78 is 16.1. The van der Waals surface area contributed by atoms with Gasteiger partial charge in [0.25, 0.3) is 5.79 Å². The molecule has 0 radical (unpaired) electrons. The summed E-state index contributed by atoms with van der Waals surface area (Å²) in [4.78, 5) is 28.7. The average molecular weight is 414 g/mol.